The molecular weight excluding hydrogens is 418 g/mol. The average Bonchev–Trinajstić information content (AvgIpc) is 3.37. The Hall–Kier alpha value is -3.04. The van der Waals surface area contributed by atoms with Crippen LogP contribution >= 0.6 is 22.7 Å². The Morgan fingerprint density at radius 1 is 1.33 bits per heavy atom. The molecular formula is C21H25N5O2S2. The van der Waals surface area contributed by atoms with Crippen molar-refractivity contribution in [2.75, 3.05) is 12.5 Å². The molecule has 0 unspecified atom stereocenters. The number of hydrogen-bond donors (Lipinski definition) is 2. The number of fused-ring (bicyclic) bond motifs is 1. The Morgan fingerprint density at radius 2 is 2.03 bits per heavy atom. The lowest BCUT2D eigenvalue weighted by Crippen LogP contribution is -2.31. The molecule has 9 heteroatoms. The summed E-state index contributed by atoms with van der Waals surface area (Å²) >= 11 is 2.96. The molecule has 0 bridgehead atoms. The van der Waals surface area contributed by atoms with Crippen LogP contribution in [0.4, 0.5) is 5.82 Å². The highest BCUT2D eigenvalue weighted by Crippen LogP contribution is 2.37. The number of aryl methyl sites for hydroxylation is 1. The second kappa shape index (κ2) is 10.1. The molecule has 0 radical (unpaired) electrons. The van der Waals surface area contributed by atoms with E-state index in [4.69, 9.17) is 5.73 Å². The van der Waals surface area contributed by atoms with Crippen molar-refractivity contribution >= 4 is 56.6 Å². The lowest BCUT2D eigenvalue weighted by molar-refractivity contribution is -0.123. The fraction of sp³-hybridized carbons (Fsp3) is 0.238. The van der Waals surface area contributed by atoms with Gasteiger partial charge in [0.1, 0.15) is 11.1 Å². The van der Waals surface area contributed by atoms with E-state index in [-0.39, 0.29) is 5.91 Å². The van der Waals surface area contributed by atoms with Gasteiger partial charge in [-0.25, -0.2) is 9.97 Å². The fourth-order valence-corrected chi connectivity index (χ4v) is 4.30. The van der Waals surface area contributed by atoms with E-state index in [1.165, 1.54) is 33.8 Å². The van der Waals surface area contributed by atoms with Gasteiger partial charge in [-0.2, -0.15) is 0 Å². The van der Waals surface area contributed by atoms with E-state index < -0.39 is 0 Å². The highest BCUT2D eigenvalue weighted by atomic mass is 32.1. The molecule has 7 nitrogen and oxygen atoms in total. The summed E-state index contributed by atoms with van der Waals surface area (Å²) in [5.74, 6) is 0.675. The molecule has 158 valence electrons. The summed E-state index contributed by atoms with van der Waals surface area (Å²) < 4.78 is 0. The van der Waals surface area contributed by atoms with Gasteiger partial charge in [0, 0.05) is 18.8 Å². The lowest BCUT2D eigenvalue weighted by atomic mass is 10.2. The summed E-state index contributed by atoms with van der Waals surface area (Å²) in [6, 6.07) is 3.86. The number of thiophene rings is 2. The van der Waals surface area contributed by atoms with Gasteiger partial charge >= 0.3 is 0 Å². The molecule has 0 aliphatic rings. The number of hydrazine groups is 1. The van der Waals surface area contributed by atoms with Crippen molar-refractivity contribution in [1.29, 1.82) is 0 Å². The van der Waals surface area contributed by atoms with Crippen molar-refractivity contribution in [3.05, 3.63) is 46.2 Å². The van der Waals surface area contributed by atoms with Crippen LogP contribution in [-0.4, -0.2) is 34.2 Å². The van der Waals surface area contributed by atoms with Crippen LogP contribution < -0.4 is 11.2 Å². The first-order chi connectivity index (χ1) is 14.3. The second-order valence-corrected chi connectivity index (χ2v) is 8.10. The largest absolute Gasteiger partial charge is 0.398 e. The highest BCUT2D eigenvalue weighted by Gasteiger charge is 2.19. The summed E-state index contributed by atoms with van der Waals surface area (Å²) in [6.45, 7) is 11.3. The van der Waals surface area contributed by atoms with Crippen LogP contribution in [0.25, 0.3) is 26.6 Å². The predicted octanol–water partition coefficient (Wildman–Crippen LogP) is 4.61. The number of aromatic nitrogens is 2. The molecule has 0 saturated carbocycles. The minimum Gasteiger partial charge on any atom is -0.398 e. The van der Waals surface area contributed by atoms with Crippen LogP contribution in [-0.2, 0) is 9.59 Å². The third-order valence-electron chi connectivity index (χ3n) is 3.96. The Bertz CT molecular complexity index is 1100. The van der Waals surface area contributed by atoms with Gasteiger partial charge in [-0.05, 0) is 36.4 Å². The minimum absolute atomic E-state index is 0.333. The summed E-state index contributed by atoms with van der Waals surface area (Å²) in [5, 5.41) is 4.01. The average molecular weight is 444 g/mol. The van der Waals surface area contributed by atoms with Crippen molar-refractivity contribution in [2.45, 2.75) is 27.7 Å². The molecule has 0 atom stereocenters. The van der Waals surface area contributed by atoms with Crippen molar-refractivity contribution in [2.24, 2.45) is 5.73 Å². The first-order valence-corrected chi connectivity index (χ1v) is 11.0. The third kappa shape index (κ3) is 4.92. The topological polar surface area (TPSA) is 101 Å². The first kappa shape index (κ1) is 23.2. The number of likely N-dealkylation sites (N-methyl/N-ethyl adjacent to an activating group) is 1. The van der Waals surface area contributed by atoms with Crippen molar-refractivity contribution in [3.63, 3.8) is 0 Å². The lowest BCUT2D eigenvalue weighted by Gasteiger charge is -2.18. The van der Waals surface area contributed by atoms with Crippen LogP contribution in [0.3, 0.4) is 0 Å². The monoisotopic (exact) mass is 443 g/mol. The van der Waals surface area contributed by atoms with E-state index >= 15 is 0 Å². The zero-order valence-electron chi connectivity index (χ0n) is 17.6. The van der Waals surface area contributed by atoms with Crippen LogP contribution in [0, 0.1) is 6.92 Å². The Labute approximate surface area is 183 Å². The van der Waals surface area contributed by atoms with Crippen LogP contribution in [0.2, 0.25) is 0 Å². The number of allylic oxidation sites excluding steroid dienone is 1. The number of aldehydes is 1. The highest BCUT2D eigenvalue weighted by molar-refractivity contribution is 7.20. The quantitative estimate of drug-likeness (QED) is 0.328. The van der Waals surface area contributed by atoms with Gasteiger partial charge in [0.15, 0.2) is 11.6 Å². The smallest absolute Gasteiger partial charge is 0.265 e. The summed E-state index contributed by atoms with van der Waals surface area (Å²) in [7, 11) is 1.57. The third-order valence-corrected chi connectivity index (χ3v) is 6.09. The standard InChI is InChI=1S/C19H19N5O2S2.C2H6/c1-10(9-25)8-14(26)24(4)23-18-15-11(2)16(12(3)20)28-19(15)22-17(21-18)13-6-5-7-27-13;1-2/h5-9H,3,20H2,1-2,4H3,(H,21,22,23);1-2H3/b10-8-;. The number of amides is 1. The zero-order chi connectivity index (χ0) is 22.4. The van der Waals surface area contributed by atoms with Crippen molar-refractivity contribution in [3.8, 4) is 10.7 Å². The summed E-state index contributed by atoms with van der Waals surface area (Å²) in [4.78, 5) is 34.9. The summed E-state index contributed by atoms with van der Waals surface area (Å²) in [5.41, 5.74) is 10.6. The van der Waals surface area contributed by atoms with Gasteiger partial charge in [-0.15, -0.1) is 22.7 Å². The molecule has 0 aliphatic heterocycles. The molecule has 3 aromatic heterocycles. The number of carbonyl (C=O) groups is 2. The number of nitrogens with two attached hydrogens (primary N) is 1. The van der Waals surface area contributed by atoms with Gasteiger partial charge in [0.05, 0.1) is 15.1 Å². The maximum atomic E-state index is 12.3. The maximum Gasteiger partial charge on any atom is 0.265 e. The number of nitrogens with one attached hydrogen (secondary N) is 1. The molecule has 3 rings (SSSR count). The molecule has 3 N–H and O–H groups in total. The molecule has 30 heavy (non-hydrogen) atoms. The van der Waals surface area contributed by atoms with Crippen LogP contribution in [0.1, 0.15) is 31.2 Å². The number of hydrogen-bond acceptors (Lipinski definition) is 8. The molecule has 0 aliphatic carbocycles. The number of nitrogens with zero attached hydrogens (tertiary/aromatic N) is 3. The van der Waals surface area contributed by atoms with Crippen molar-refractivity contribution < 1.29 is 9.59 Å². The van der Waals surface area contributed by atoms with Gasteiger partial charge < -0.3 is 5.73 Å². The van der Waals surface area contributed by atoms with Gasteiger partial charge in [0.2, 0.25) is 0 Å². The van der Waals surface area contributed by atoms with Gasteiger partial charge in [-0.1, -0.05) is 26.5 Å². The van der Waals surface area contributed by atoms with Gasteiger partial charge in [0.25, 0.3) is 5.91 Å². The van der Waals surface area contributed by atoms with E-state index in [1.54, 1.807) is 14.0 Å². The van der Waals surface area contributed by atoms with E-state index in [0.29, 0.717) is 29.2 Å². The molecule has 0 aromatic carbocycles. The Morgan fingerprint density at radius 3 is 2.60 bits per heavy atom. The van der Waals surface area contributed by atoms with E-state index in [0.717, 1.165) is 25.5 Å². The van der Waals surface area contributed by atoms with E-state index in [1.807, 2.05) is 38.3 Å². The predicted molar refractivity (Wildman–Crippen MR) is 126 cm³/mol. The molecule has 0 spiro atoms. The van der Waals surface area contributed by atoms with E-state index in [9.17, 15) is 9.59 Å². The van der Waals surface area contributed by atoms with Crippen LogP contribution in [0.15, 0.2) is 35.7 Å². The molecule has 1 amide bonds. The zero-order valence-corrected chi connectivity index (χ0v) is 19.3. The fourth-order valence-electron chi connectivity index (χ4n) is 2.58. The molecule has 3 aromatic rings. The second-order valence-electron chi connectivity index (χ2n) is 6.15. The Balaban J connectivity index is 0.00000155. The van der Waals surface area contributed by atoms with Crippen molar-refractivity contribution in [1.82, 2.24) is 15.0 Å². The number of anilines is 1. The Kier molecular flexibility index (Phi) is 7.85. The number of rotatable bonds is 6. The minimum atomic E-state index is -0.370. The van der Waals surface area contributed by atoms with Crippen LogP contribution in [0.5, 0.6) is 0 Å². The molecule has 0 saturated heterocycles. The molecule has 3 heterocycles. The SMILES string of the molecule is C=C(N)c1sc2nc(-c3cccs3)nc(NN(C)C(=O)/C=C(/C)C=O)c2c1C.CC. The molecule has 0 fully saturated rings. The van der Waals surface area contributed by atoms with Gasteiger partial charge in [-0.3, -0.25) is 20.0 Å². The van der Waals surface area contributed by atoms with E-state index in [2.05, 4.69) is 22.0 Å². The summed E-state index contributed by atoms with van der Waals surface area (Å²) in [6.07, 6.45) is 1.89. The first-order valence-electron chi connectivity index (χ1n) is 9.29. The normalized spacial score (nSPS) is 10.9. The maximum absolute atomic E-state index is 12.3. The number of carbonyl (C=O) groups excluding carboxylic acids is 2.